The molecule has 0 atom stereocenters. The lowest BCUT2D eigenvalue weighted by Crippen LogP contribution is -2.24. The van der Waals surface area contributed by atoms with Gasteiger partial charge in [0.1, 0.15) is 16.4 Å². The number of nitrogens with zero attached hydrogens (tertiary/aromatic N) is 2. The lowest BCUT2D eigenvalue weighted by Gasteiger charge is -2.12. The van der Waals surface area contributed by atoms with Gasteiger partial charge in [-0.3, -0.25) is 9.36 Å². The van der Waals surface area contributed by atoms with E-state index in [2.05, 4.69) is 0 Å². The molecule has 1 aliphatic rings. The number of benzene rings is 1. The average Bonchev–Trinajstić information content (AvgIpc) is 3.46. The first-order valence-corrected chi connectivity index (χ1v) is 10.7. The molecule has 0 saturated heterocycles. The normalized spacial score (nSPS) is 13.0. The van der Waals surface area contributed by atoms with Crippen LogP contribution in [0.1, 0.15) is 38.7 Å². The molecular weight excluding hydrogens is 400 g/mol. The van der Waals surface area contributed by atoms with Crippen molar-refractivity contribution in [3.8, 4) is 11.4 Å². The summed E-state index contributed by atoms with van der Waals surface area (Å²) >= 11 is 1.63. The van der Waals surface area contributed by atoms with E-state index in [4.69, 9.17) is 14.1 Å². The van der Waals surface area contributed by atoms with Crippen LogP contribution in [0.2, 0.25) is 0 Å². The molecule has 0 aliphatic heterocycles. The topological polar surface area (TPSA) is 74.3 Å². The van der Waals surface area contributed by atoms with E-state index in [1.807, 2.05) is 31.2 Å². The van der Waals surface area contributed by atoms with Gasteiger partial charge in [-0.2, -0.15) is 0 Å². The molecule has 1 aliphatic carbocycles. The molecule has 4 aromatic rings. The molecular formula is C23H20N2O4S. The summed E-state index contributed by atoms with van der Waals surface area (Å²) in [5.74, 6) is 0.668. The molecule has 0 fully saturated rings. The van der Waals surface area contributed by atoms with Crippen LogP contribution in [0.3, 0.4) is 0 Å². The van der Waals surface area contributed by atoms with Crippen molar-refractivity contribution >= 4 is 27.5 Å². The van der Waals surface area contributed by atoms with Crippen LogP contribution in [-0.2, 0) is 24.1 Å². The summed E-state index contributed by atoms with van der Waals surface area (Å²) in [6.07, 6.45) is 3.01. The summed E-state index contributed by atoms with van der Waals surface area (Å²) < 4.78 is 12.0. The Balaban J connectivity index is 1.69. The molecule has 30 heavy (non-hydrogen) atoms. The molecule has 6 nitrogen and oxygen atoms in total. The van der Waals surface area contributed by atoms with Gasteiger partial charge in [-0.25, -0.2) is 9.78 Å². The minimum Gasteiger partial charge on any atom is -0.463 e. The second kappa shape index (κ2) is 7.25. The van der Waals surface area contributed by atoms with Crippen molar-refractivity contribution in [2.24, 2.45) is 0 Å². The smallest absolute Gasteiger partial charge is 0.373 e. The van der Waals surface area contributed by atoms with Gasteiger partial charge in [0.05, 0.1) is 19.0 Å². The Kier molecular flexibility index (Phi) is 4.55. The number of methoxy groups -OCH3 is 1. The number of hydrogen-bond donors (Lipinski definition) is 0. The first-order chi connectivity index (χ1) is 14.5. The van der Waals surface area contributed by atoms with Crippen LogP contribution in [-0.4, -0.2) is 22.6 Å². The summed E-state index contributed by atoms with van der Waals surface area (Å²) in [5, 5.41) is 0.725. The molecule has 0 spiro atoms. The number of rotatable bonds is 4. The summed E-state index contributed by atoms with van der Waals surface area (Å²) in [4.78, 5) is 32.3. The van der Waals surface area contributed by atoms with E-state index in [0.717, 1.165) is 46.2 Å². The van der Waals surface area contributed by atoms with Gasteiger partial charge in [0, 0.05) is 10.4 Å². The summed E-state index contributed by atoms with van der Waals surface area (Å²) in [6.45, 7) is 2.21. The molecule has 5 rings (SSSR count). The molecule has 0 bridgehead atoms. The van der Waals surface area contributed by atoms with Crippen molar-refractivity contribution < 1.29 is 13.9 Å². The Morgan fingerprint density at radius 2 is 2.00 bits per heavy atom. The fraction of sp³-hybridized carbons (Fsp3) is 0.261. The van der Waals surface area contributed by atoms with E-state index in [-0.39, 0.29) is 17.9 Å². The Morgan fingerprint density at radius 3 is 2.77 bits per heavy atom. The molecule has 0 saturated carbocycles. The van der Waals surface area contributed by atoms with Gasteiger partial charge in [0.15, 0.2) is 0 Å². The lowest BCUT2D eigenvalue weighted by atomic mass is 10.1. The van der Waals surface area contributed by atoms with Crippen molar-refractivity contribution in [1.29, 1.82) is 0 Å². The van der Waals surface area contributed by atoms with Gasteiger partial charge in [-0.1, -0.05) is 29.8 Å². The highest BCUT2D eigenvalue weighted by molar-refractivity contribution is 7.18. The number of esters is 1. The first-order valence-electron chi connectivity index (χ1n) is 9.84. The molecule has 0 radical (unpaired) electrons. The van der Waals surface area contributed by atoms with Crippen LogP contribution >= 0.6 is 11.3 Å². The van der Waals surface area contributed by atoms with Gasteiger partial charge in [-0.15, -0.1) is 11.3 Å². The molecule has 7 heteroatoms. The Hall–Kier alpha value is -3.19. The number of furan rings is 1. The largest absolute Gasteiger partial charge is 0.463 e. The second-order valence-corrected chi connectivity index (χ2v) is 8.57. The van der Waals surface area contributed by atoms with E-state index >= 15 is 0 Å². The van der Waals surface area contributed by atoms with Crippen LogP contribution in [0, 0.1) is 6.92 Å². The van der Waals surface area contributed by atoms with Crippen LogP contribution in [0.5, 0.6) is 0 Å². The predicted molar refractivity (Wildman–Crippen MR) is 115 cm³/mol. The molecule has 1 aromatic carbocycles. The molecule has 0 N–H and O–H groups in total. The van der Waals surface area contributed by atoms with Crippen molar-refractivity contribution in [3.63, 3.8) is 0 Å². The summed E-state index contributed by atoms with van der Waals surface area (Å²) in [6, 6.07) is 11.2. The summed E-state index contributed by atoms with van der Waals surface area (Å²) in [5.41, 5.74) is 3.09. The minimum absolute atomic E-state index is 0.0639. The average molecular weight is 420 g/mol. The van der Waals surface area contributed by atoms with E-state index < -0.39 is 5.97 Å². The molecule has 0 amide bonds. The van der Waals surface area contributed by atoms with Crippen LogP contribution in [0.25, 0.3) is 21.6 Å². The zero-order valence-electron chi connectivity index (χ0n) is 16.7. The Morgan fingerprint density at radius 1 is 1.20 bits per heavy atom. The third-order valence-corrected chi connectivity index (χ3v) is 6.68. The van der Waals surface area contributed by atoms with Crippen molar-refractivity contribution in [1.82, 2.24) is 9.55 Å². The molecule has 3 heterocycles. The van der Waals surface area contributed by atoms with Gasteiger partial charge >= 0.3 is 5.97 Å². The third-order valence-electron chi connectivity index (χ3n) is 5.50. The quantitative estimate of drug-likeness (QED) is 0.459. The standard InChI is InChI=1S/C23H20N2O4S/c1-13-6-8-14(9-7-13)20-24-21-19(16-4-3-5-18(16)30-21)22(26)25(20)12-15-10-11-17(29-15)23(27)28-2/h6-11H,3-5,12H2,1-2H3. The van der Waals surface area contributed by atoms with E-state index in [9.17, 15) is 9.59 Å². The van der Waals surface area contributed by atoms with E-state index in [1.54, 1.807) is 28.0 Å². The predicted octanol–water partition coefficient (Wildman–Crippen LogP) is 4.35. The maximum Gasteiger partial charge on any atom is 0.373 e. The number of carbonyl (C=O) groups is 1. The van der Waals surface area contributed by atoms with Gasteiger partial charge in [-0.05, 0) is 43.9 Å². The highest BCUT2D eigenvalue weighted by Crippen LogP contribution is 2.35. The fourth-order valence-electron chi connectivity index (χ4n) is 3.98. The lowest BCUT2D eigenvalue weighted by molar-refractivity contribution is 0.0563. The zero-order valence-corrected chi connectivity index (χ0v) is 17.5. The van der Waals surface area contributed by atoms with Crippen molar-refractivity contribution in [3.05, 3.63) is 74.3 Å². The number of thiophene rings is 1. The minimum atomic E-state index is -0.545. The summed E-state index contributed by atoms with van der Waals surface area (Å²) in [7, 11) is 1.31. The van der Waals surface area contributed by atoms with Crippen LogP contribution in [0.15, 0.2) is 45.6 Å². The number of carbonyl (C=O) groups excluding carboxylic acids is 1. The zero-order chi connectivity index (χ0) is 20.8. The number of aryl methyl sites for hydroxylation is 3. The Labute approximate surface area is 176 Å². The Bertz CT molecular complexity index is 1330. The van der Waals surface area contributed by atoms with Gasteiger partial charge in [0.2, 0.25) is 5.76 Å². The number of fused-ring (bicyclic) bond motifs is 3. The molecule has 0 unspecified atom stereocenters. The van der Waals surface area contributed by atoms with Crippen molar-refractivity contribution in [2.45, 2.75) is 32.7 Å². The van der Waals surface area contributed by atoms with Gasteiger partial charge < -0.3 is 9.15 Å². The van der Waals surface area contributed by atoms with Gasteiger partial charge in [0.25, 0.3) is 5.56 Å². The maximum absolute atomic E-state index is 13.6. The second-order valence-electron chi connectivity index (χ2n) is 7.49. The van der Waals surface area contributed by atoms with Crippen LogP contribution in [0.4, 0.5) is 0 Å². The van der Waals surface area contributed by atoms with E-state index in [0.29, 0.717) is 11.6 Å². The van der Waals surface area contributed by atoms with Crippen molar-refractivity contribution in [2.75, 3.05) is 7.11 Å². The highest BCUT2D eigenvalue weighted by atomic mass is 32.1. The number of ether oxygens (including phenoxy) is 1. The molecule has 3 aromatic heterocycles. The van der Waals surface area contributed by atoms with Crippen LogP contribution < -0.4 is 5.56 Å². The fourth-order valence-corrected chi connectivity index (χ4v) is 5.23. The monoisotopic (exact) mass is 420 g/mol. The number of hydrogen-bond acceptors (Lipinski definition) is 6. The SMILES string of the molecule is COC(=O)c1ccc(Cn2c(-c3ccc(C)cc3)nc3sc4c(c3c2=O)CCC4)o1. The third kappa shape index (κ3) is 3.06. The first kappa shape index (κ1) is 18.8. The highest BCUT2D eigenvalue weighted by Gasteiger charge is 2.24. The number of aromatic nitrogens is 2. The molecule has 152 valence electrons. The maximum atomic E-state index is 13.6. The van der Waals surface area contributed by atoms with E-state index in [1.165, 1.54) is 12.0 Å².